The topological polar surface area (TPSA) is 118 Å². The van der Waals surface area contributed by atoms with Crippen LogP contribution in [0, 0.1) is 24.0 Å². The lowest BCUT2D eigenvalue weighted by molar-refractivity contribution is -0.386. The number of nitro groups is 1. The molecule has 0 bridgehead atoms. The minimum Gasteiger partial charge on any atom is -0.494 e. The molecule has 0 radical (unpaired) electrons. The SMILES string of the molecule is CCOc1cc(C)c(-c2nc3ccccc3c(=O)n2N=Cc2cc(OCC)c(OCc3ccc(C)cc3)c([N+](=O)[O-])c2)cc1C(C)C. The summed E-state index contributed by atoms with van der Waals surface area (Å²) in [6.07, 6.45) is 1.40. The standard InChI is InChI=1S/C37H38N4O6/c1-7-45-33-17-25(6)30(20-29(33)23(3)4)36-39-31-12-10-9-11-28(31)37(42)40(36)38-21-27-18-32(41(43)44)35(34(19-27)46-8-2)47-22-26-15-13-24(5)14-16-26/h9-21,23H,7-8,22H2,1-6H3. The molecule has 0 N–H and O–H groups in total. The van der Waals surface area contributed by atoms with Gasteiger partial charge in [-0.1, -0.05) is 55.8 Å². The molecule has 0 aliphatic heterocycles. The van der Waals surface area contributed by atoms with Crippen molar-refractivity contribution in [3.63, 3.8) is 0 Å². The van der Waals surface area contributed by atoms with Gasteiger partial charge in [-0.05, 0) is 80.6 Å². The normalized spacial score (nSPS) is 11.4. The van der Waals surface area contributed by atoms with Crippen molar-refractivity contribution < 1.29 is 19.1 Å². The summed E-state index contributed by atoms with van der Waals surface area (Å²) in [5, 5.41) is 17.2. The summed E-state index contributed by atoms with van der Waals surface area (Å²) in [7, 11) is 0. The smallest absolute Gasteiger partial charge is 0.315 e. The van der Waals surface area contributed by atoms with E-state index in [1.54, 1.807) is 31.2 Å². The Hall–Kier alpha value is -5.51. The molecule has 10 heteroatoms. The van der Waals surface area contributed by atoms with Gasteiger partial charge >= 0.3 is 5.69 Å². The fraction of sp³-hybridized carbons (Fsp3) is 0.270. The summed E-state index contributed by atoms with van der Waals surface area (Å²) in [6, 6.07) is 21.7. The maximum absolute atomic E-state index is 13.9. The van der Waals surface area contributed by atoms with Crippen molar-refractivity contribution in [2.45, 2.75) is 54.1 Å². The highest BCUT2D eigenvalue weighted by Crippen LogP contribution is 2.39. The Morgan fingerprint density at radius 3 is 2.32 bits per heavy atom. The molecule has 4 aromatic carbocycles. The zero-order chi connectivity index (χ0) is 33.7. The lowest BCUT2D eigenvalue weighted by Gasteiger charge is -2.18. The molecular weight excluding hydrogens is 596 g/mol. The van der Waals surface area contributed by atoms with Crippen molar-refractivity contribution in [3.05, 3.63) is 121 Å². The van der Waals surface area contributed by atoms with Gasteiger partial charge in [0, 0.05) is 17.2 Å². The molecule has 0 atom stereocenters. The fourth-order valence-corrected chi connectivity index (χ4v) is 5.27. The van der Waals surface area contributed by atoms with Gasteiger partial charge in [-0.2, -0.15) is 9.78 Å². The van der Waals surface area contributed by atoms with Crippen LogP contribution in [0.25, 0.3) is 22.3 Å². The van der Waals surface area contributed by atoms with Crippen LogP contribution in [0.3, 0.4) is 0 Å². The van der Waals surface area contributed by atoms with Crippen molar-refractivity contribution in [1.82, 2.24) is 9.66 Å². The van der Waals surface area contributed by atoms with Crippen molar-refractivity contribution in [1.29, 1.82) is 0 Å². The third kappa shape index (κ3) is 7.17. The summed E-state index contributed by atoms with van der Waals surface area (Å²) in [4.78, 5) is 30.5. The summed E-state index contributed by atoms with van der Waals surface area (Å²) in [5.74, 6) is 1.48. The van der Waals surface area contributed by atoms with Gasteiger partial charge in [0.15, 0.2) is 11.6 Å². The second kappa shape index (κ2) is 14.3. The van der Waals surface area contributed by atoms with E-state index in [0.717, 1.165) is 33.6 Å². The number of ether oxygens (including phenoxy) is 3. The highest BCUT2D eigenvalue weighted by Gasteiger charge is 2.23. The lowest BCUT2D eigenvalue weighted by Crippen LogP contribution is -2.21. The van der Waals surface area contributed by atoms with E-state index in [1.807, 2.05) is 63.2 Å². The number of fused-ring (bicyclic) bond motifs is 1. The Bertz CT molecular complexity index is 2020. The molecule has 1 aromatic heterocycles. The molecule has 0 spiro atoms. The molecule has 1 heterocycles. The predicted octanol–water partition coefficient (Wildman–Crippen LogP) is 7.97. The quantitative estimate of drug-likeness (QED) is 0.0776. The average molecular weight is 635 g/mol. The Kier molecular flexibility index (Phi) is 9.99. The van der Waals surface area contributed by atoms with Gasteiger partial charge in [0.1, 0.15) is 12.4 Å². The Morgan fingerprint density at radius 2 is 1.64 bits per heavy atom. The molecule has 0 aliphatic rings. The minimum absolute atomic E-state index is 0.0195. The third-order valence-corrected chi connectivity index (χ3v) is 7.65. The zero-order valence-electron chi connectivity index (χ0n) is 27.4. The highest BCUT2D eigenvalue weighted by atomic mass is 16.6. The summed E-state index contributed by atoms with van der Waals surface area (Å²) >= 11 is 0. The van der Waals surface area contributed by atoms with Crippen LogP contribution in [-0.2, 0) is 6.61 Å². The first-order valence-electron chi connectivity index (χ1n) is 15.6. The average Bonchev–Trinajstić information content (AvgIpc) is 3.04. The van der Waals surface area contributed by atoms with Crippen molar-refractivity contribution in [2.75, 3.05) is 13.2 Å². The van der Waals surface area contributed by atoms with E-state index in [4.69, 9.17) is 19.2 Å². The first-order chi connectivity index (χ1) is 22.6. The van der Waals surface area contributed by atoms with Gasteiger partial charge in [0.2, 0.25) is 5.75 Å². The van der Waals surface area contributed by atoms with Gasteiger partial charge in [0.25, 0.3) is 5.56 Å². The van der Waals surface area contributed by atoms with E-state index in [1.165, 1.54) is 17.0 Å². The highest BCUT2D eigenvalue weighted by molar-refractivity contribution is 5.84. The molecule has 5 rings (SSSR count). The Morgan fingerprint density at radius 1 is 0.936 bits per heavy atom. The van der Waals surface area contributed by atoms with Gasteiger partial charge in [0.05, 0.1) is 35.3 Å². The molecule has 47 heavy (non-hydrogen) atoms. The molecule has 0 saturated heterocycles. The number of nitro benzene ring substituents is 1. The molecule has 10 nitrogen and oxygen atoms in total. The Labute approximate surface area is 273 Å². The summed E-state index contributed by atoms with van der Waals surface area (Å²) in [6.45, 7) is 12.7. The van der Waals surface area contributed by atoms with E-state index in [9.17, 15) is 14.9 Å². The van der Waals surface area contributed by atoms with Crippen LogP contribution in [-0.4, -0.2) is 34.0 Å². The van der Waals surface area contributed by atoms with Gasteiger partial charge in [-0.3, -0.25) is 14.9 Å². The van der Waals surface area contributed by atoms with Crippen LogP contribution in [0.2, 0.25) is 0 Å². The maximum atomic E-state index is 13.9. The van der Waals surface area contributed by atoms with Crippen molar-refractivity contribution >= 4 is 22.8 Å². The predicted molar refractivity (Wildman–Crippen MR) is 184 cm³/mol. The van der Waals surface area contributed by atoms with Gasteiger partial charge in [-0.25, -0.2) is 4.98 Å². The number of nitrogens with zero attached hydrogens (tertiary/aromatic N) is 4. The largest absolute Gasteiger partial charge is 0.494 e. The maximum Gasteiger partial charge on any atom is 0.315 e. The number of benzene rings is 4. The van der Waals surface area contributed by atoms with Crippen molar-refractivity contribution in [3.8, 4) is 28.6 Å². The van der Waals surface area contributed by atoms with Crippen LogP contribution < -0.4 is 19.8 Å². The van der Waals surface area contributed by atoms with Crippen molar-refractivity contribution in [2.24, 2.45) is 5.10 Å². The number of rotatable bonds is 12. The van der Waals surface area contributed by atoms with Crippen LogP contribution >= 0.6 is 0 Å². The molecule has 0 unspecified atom stereocenters. The van der Waals surface area contributed by atoms with Gasteiger partial charge < -0.3 is 14.2 Å². The lowest BCUT2D eigenvalue weighted by atomic mass is 9.96. The van der Waals surface area contributed by atoms with Crippen LogP contribution in [0.15, 0.2) is 82.7 Å². The monoisotopic (exact) mass is 634 g/mol. The summed E-state index contributed by atoms with van der Waals surface area (Å²) < 4.78 is 18.9. The fourth-order valence-electron chi connectivity index (χ4n) is 5.27. The third-order valence-electron chi connectivity index (χ3n) is 7.65. The van der Waals surface area contributed by atoms with E-state index < -0.39 is 4.92 Å². The van der Waals surface area contributed by atoms with Crippen LogP contribution in [0.1, 0.15) is 61.4 Å². The Balaban J connectivity index is 1.64. The van der Waals surface area contributed by atoms with Gasteiger partial charge in [-0.15, -0.1) is 0 Å². The van der Waals surface area contributed by atoms with E-state index in [2.05, 4.69) is 18.9 Å². The molecule has 242 valence electrons. The molecule has 0 fully saturated rings. The first kappa shape index (κ1) is 32.9. The van der Waals surface area contributed by atoms with E-state index in [0.29, 0.717) is 28.9 Å². The van der Waals surface area contributed by atoms with E-state index in [-0.39, 0.29) is 41.9 Å². The number of aromatic nitrogens is 2. The zero-order valence-corrected chi connectivity index (χ0v) is 27.4. The number of para-hydroxylation sites is 1. The van der Waals surface area contributed by atoms with Crippen LogP contribution in [0.4, 0.5) is 5.69 Å². The summed E-state index contributed by atoms with van der Waals surface area (Å²) in [5.41, 5.74) is 4.73. The number of hydrogen-bond donors (Lipinski definition) is 0. The molecule has 0 aliphatic carbocycles. The molecule has 5 aromatic rings. The molecule has 0 amide bonds. The molecular formula is C37H38N4O6. The van der Waals surface area contributed by atoms with E-state index >= 15 is 0 Å². The minimum atomic E-state index is -0.518. The number of aryl methyl sites for hydroxylation is 2. The number of hydrogen-bond acceptors (Lipinski definition) is 8. The molecule has 0 saturated carbocycles. The second-order valence-corrected chi connectivity index (χ2v) is 11.4. The second-order valence-electron chi connectivity index (χ2n) is 11.4. The van der Waals surface area contributed by atoms with Crippen LogP contribution in [0.5, 0.6) is 17.2 Å². The first-order valence-corrected chi connectivity index (χ1v) is 15.6.